The molecule has 28 heavy (non-hydrogen) atoms. The van der Waals surface area contributed by atoms with Crippen molar-refractivity contribution >= 4 is 0 Å². The molecule has 4 nitrogen and oxygen atoms in total. The van der Waals surface area contributed by atoms with E-state index in [0.717, 1.165) is 47.7 Å². The van der Waals surface area contributed by atoms with E-state index in [4.69, 9.17) is 19.4 Å². The van der Waals surface area contributed by atoms with Crippen molar-refractivity contribution in [2.75, 3.05) is 7.11 Å². The Morgan fingerprint density at radius 2 is 1.50 bits per heavy atom. The lowest BCUT2D eigenvalue weighted by atomic mass is 9.96. The summed E-state index contributed by atoms with van der Waals surface area (Å²) in [5.74, 6) is 2.41. The van der Waals surface area contributed by atoms with Crippen molar-refractivity contribution in [2.24, 2.45) is 11.8 Å². The lowest BCUT2D eigenvalue weighted by Gasteiger charge is -2.27. The summed E-state index contributed by atoms with van der Waals surface area (Å²) in [5.41, 5.74) is 5.24. The molecule has 0 bridgehead atoms. The van der Waals surface area contributed by atoms with Crippen LogP contribution in [0, 0.1) is 11.8 Å². The molecule has 4 heteroatoms. The first-order chi connectivity index (χ1) is 13.4. The smallest absolute Gasteiger partial charge is 0.236 e. The van der Waals surface area contributed by atoms with Gasteiger partial charge in [-0.1, -0.05) is 48.5 Å². The summed E-state index contributed by atoms with van der Waals surface area (Å²) in [4.78, 5) is 9.98. The molecule has 0 amide bonds. The lowest BCUT2D eigenvalue weighted by molar-refractivity contribution is 0.0976. The number of hydrogen-bond donors (Lipinski definition) is 0. The van der Waals surface area contributed by atoms with Crippen molar-refractivity contribution < 1.29 is 9.47 Å². The molecule has 0 atom stereocenters. The highest BCUT2D eigenvalue weighted by molar-refractivity contribution is 5.67. The van der Waals surface area contributed by atoms with Gasteiger partial charge in [-0.3, -0.25) is 0 Å². The highest BCUT2D eigenvalue weighted by Crippen LogP contribution is 2.32. The van der Waals surface area contributed by atoms with Crippen LogP contribution in [0.15, 0.2) is 18.2 Å². The SMILES string of the molecule is CCc1cc(OC)ccc1-c1nc(CC)c(OC(C(C)C)C(C)C)nc1CC. The van der Waals surface area contributed by atoms with E-state index >= 15 is 0 Å². The highest BCUT2D eigenvalue weighted by atomic mass is 16.5. The Hall–Kier alpha value is -2.10. The molecular formula is C24H36N2O2. The van der Waals surface area contributed by atoms with Gasteiger partial charge in [-0.15, -0.1) is 0 Å². The van der Waals surface area contributed by atoms with E-state index in [9.17, 15) is 0 Å². The van der Waals surface area contributed by atoms with Crippen LogP contribution in [0.5, 0.6) is 11.6 Å². The predicted octanol–water partition coefficient (Wildman–Crippen LogP) is 5.90. The molecule has 2 rings (SSSR count). The molecule has 0 N–H and O–H groups in total. The fourth-order valence-corrected chi connectivity index (χ4v) is 3.67. The van der Waals surface area contributed by atoms with Crippen LogP contribution in [-0.2, 0) is 19.3 Å². The van der Waals surface area contributed by atoms with Crippen LogP contribution in [0.25, 0.3) is 11.3 Å². The maximum absolute atomic E-state index is 6.39. The zero-order chi connectivity index (χ0) is 20.8. The van der Waals surface area contributed by atoms with Crippen molar-refractivity contribution in [3.63, 3.8) is 0 Å². The molecule has 1 heterocycles. The van der Waals surface area contributed by atoms with Crippen LogP contribution in [0.3, 0.4) is 0 Å². The van der Waals surface area contributed by atoms with Crippen molar-refractivity contribution in [1.29, 1.82) is 0 Å². The van der Waals surface area contributed by atoms with Gasteiger partial charge in [0.15, 0.2) is 0 Å². The summed E-state index contributed by atoms with van der Waals surface area (Å²) >= 11 is 0. The molecule has 0 aliphatic heterocycles. The molecular weight excluding hydrogens is 348 g/mol. The van der Waals surface area contributed by atoms with Gasteiger partial charge in [-0.2, -0.15) is 0 Å². The Morgan fingerprint density at radius 3 is 2.00 bits per heavy atom. The zero-order valence-electron chi connectivity index (χ0n) is 18.8. The van der Waals surface area contributed by atoms with E-state index in [0.29, 0.717) is 17.7 Å². The second-order valence-electron chi connectivity index (χ2n) is 7.92. The first-order valence-electron chi connectivity index (χ1n) is 10.6. The summed E-state index contributed by atoms with van der Waals surface area (Å²) in [6.45, 7) is 15.2. The van der Waals surface area contributed by atoms with Gasteiger partial charge in [0, 0.05) is 5.56 Å². The van der Waals surface area contributed by atoms with E-state index in [1.165, 1.54) is 5.56 Å². The predicted molar refractivity (Wildman–Crippen MR) is 116 cm³/mol. The average molecular weight is 385 g/mol. The van der Waals surface area contributed by atoms with Crippen LogP contribution >= 0.6 is 0 Å². The fourth-order valence-electron chi connectivity index (χ4n) is 3.67. The maximum atomic E-state index is 6.39. The van der Waals surface area contributed by atoms with Crippen LogP contribution in [0.1, 0.15) is 65.4 Å². The Labute approximate surface area is 170 Å². The molecule has 1 aromatic carbocycles. The van der Waals surface area contributed by atoms with Crippen LogP contribution < -0.4 is 9.47 Å². The molecule has 0 spiro atoms. The Bertz CT molecular complexity index is 776. The number of hydrogen-bond acceptors (Lipinski definition) is 4. The van der Waals surface area contributed by atoms with Gasteiger partial charge in [0.25, 0.3) is 0 Å². The van der Waals surface area contributed by atoms with E-state index in [1.807, 2.05) is 6.07 Å². The first kappa shape index (κ1) is 22.2. The molecule has 0 fully saturated rings. The normalized spacial score (nSPS) is 11.5. The number of ether oxygens (including phenoxy) is 2. The van der Waals surface area contributed by atoms with E-state index in [1.54, 1.807) is 7.11 Å². The van der Waals surface area contributed by atoms with E-state index < -0.39 is 0 Å². The largest absolute Gasteiger partial charge is 0.497 e. The second-order valence-corrected chi connectivity index (χ2v) is 7.92. The number of benzene rings is 1. The third kappa shape index (κ3) is 4.84. The summed E-state index contributed by atoms with van der Waals surface area (Å²) in [6, 6.07) is 6.20. The number of rotatable bonds is 9. The van der Waals surface area contributed by atoms with E-state index in [2.05, 4.69) is 60.6 Å². The molecule has 0 saturated carbocycles. The molecule has 0 aliphatic carbocycles. The summed E-state index contributed by atoms with van der Waals surface area (Å²) in [5, 5.41) is 0. The Morgan fingerprint density at radius 1 is 0.857 bits per heavy atom. The summed E-state index contributed by atoms with van der Waals surface area (Å²) in [7, 11) is 1.70. The number of aryl methyl sites for hydroxylation is 3. The molecule has 154 valence electrons. The van der Waals surface area contributed by atoms with Gasteiger partial charge in [-0.25, -0.2) is 9.97 Å². The molecule has 0 aliphatic rings. The van der Waals surface area contributed by atoms with Crippen molar-refractivity contribution in [3.05, 3.63) is 35.2 Å². The van der Waals surface area contributed by atoms with Crippen LogP contribution in [0.4, 0.5) is 0 Å². The van der Waals surface area contributed by atoms with Gasteiger partial charge in [0.2, 0.25) is 5.88 Å². The number of methoxy groups -OCH3 is 1. The average Bonchev–Trinajstić information content (AvgIpc) is 2.70. The lowest BCUT2D eigenvalue weighted by Crippen LogP contribution is -2.30. The Balaban J connectivity index is 2.57. The van der Waals surface area contributed by atoms with Gasteiger partial charge >= 0.3 is 0 Å². The van der Waals surface area contributed by atoms with Gasteiger partial charge in [0.1, 0.15) is 17.5 Å². The van der Waals surface area contributed by atoms with Gasteiger partial charge in [-0.05, 0) is 54.9 Å². The molecule has 2 aromatic rings. The van der Waals surface area contributed by atoms with Crippen molar-refractivity contribution in [2.45, 2.75) is 73.8 Å². The number of nitrogens with zero attached hydrogens (tertiary/aromatic N) is 2. The molecule has 1 aromatic heterocycles. The van der Waals surface area contributed by atoms with E-state index in [-0.39, 0.29) is 6.10 Å². The number of aromatic nitrogens is 2. The van der Waals surface area contributed by atoms with Gasteiger partial charge in [0.05, 0.1) is 18.5 Å². The molecule has 0 radical (unpaired) electrons. The third-order valence-electron chi connectivity index (χ3n) is 5.18. The second kappa shape index (κ2) is 9.90. The van der Waals surface area contributed by atoms with Crippen molar-refractivity contribution in [3.8, 4) is 22.9 Å². The van der Waals surface area contributed by atoms with Gasteiger partial charge < -0.3 is 9.47 Å². The third-order valence-corrected chi connectivity index (χ3v) is 5.18. The summed E-state index contributed by atoms with van der Waals surface area (Å²) in [6.07, 6.45) is 2.65. The quantitative estimate of drug-likeness (QED) is 0.540. The first-order valence-corrected chi connectivity index (χ1v) is 10.6. The Kier molecular flexibility index (Phi) is 7.85. The zero-order valence-corrected chi connectivity index (χ0v) is 18.8. The molecule has 0 unspecified atom stereocenters. The minimum atomic E-state index is 0.127. The minimum absolute atomic E-state index is 0.127. The van der Waals surface area contributed by atoms with Crippen LogP contribution in [-0.4, -0.2) is 23.2 Å². The molecule has 0 saturated heterocycles. The van der Waals surface area contributed by atoms with Crippen molar-refractivity contribution in [1.82, 2.24) is 9.97 Å². The summed E-state index contributed by atoms with van der Waals surface area (Å²) < 4.78 is 11.8. The topological polar surface area (TPSA) is 44.2 Å². The minimum Gasteiger partial charge on any atom is -0.497 e. The van der Waals surface area contributed by atoms with Crippen LogP contribution in [0.2, 0.25) is 0 Å². The highest BCUT2D eigenvalue weighted by Gasteiger charge is 2.23. The fraction of sp³-hybridized carbons (Fsp3) is 0.583. The monoisotopic (exact) mass is 384 g/mol. The standard InChI is InChI=1S/C24H36N2O2/c1-9-17-14-18(27-8)12-13-19(17)22-20(10-2)26-24(21(11-3)25-22)28-23(15(4)5)16(6)7/h12-16,23H,9-11H2,1-8H3. The maximum Gasteiger partial charge on any atom is 0.236 e.